The Hall–Kier alpha value is -3.87. The highest BCUT2D eigenvalue weighted by atomic mass is 16.2. The summed E-state index contributed by atoms with van der Waals surface area (Å²) in [5.74, 6) is 1.26. The lowest BCUT2D eigenvalue weighted by Gasteiger charge is -2.20. The Kier molecular flexibility index (Phi) is 8.07. The Balaban J connectivity index is 1.41. The van der Waals surface area contributed by atoms with E-state index in [2.05, 4.69) is 63.3 Å². The zero-order valence-corrected chi connectivity index (χ0v) is 25.3. The van der Waals surface area contributed by atoms with Gasteiger partial charge in [0.1, 0.15) is 11.5 Å². The first-order chi connectivity index (χ1) is 19.5. The third-order valence-corrected chi connectivity index (χ3v) is 8.38. The summed E-state index contributed by atoms with van der Waals surface area (Å²) in [5, 5.41) is 9.10. The minimum Gasteiger partial charge on any atom is -0.343 e. The predicted molar refractivity (Wildman–Crippen MR) is 166 cm³/mol. The van der Waals surface area contributed by atoms with E-state index in [-0.39, 0.29) is 17.2 Å². The molecular formula is C34H43N5O2. The van der Waals surface area contributed by atoms with Crippen molar-refractivity contribution < 1.29 is 9.59 Å². The highest BCUT2D eigenvalue weighted by Gasteiger charge is 2.24. The van der Waals surface area contributed by atoms with E-state index in [0.717, 1.165) is 61.1 Å². The molecule has 1 unspecified atom stereocenters. The fourth-order valence-corrected chi connectivity index (χ4v) is 5.94. The largest absolute Gasteiger partial charge is 0.343 e. The number of amides is 2. The van der Waals surface area contributed by atoms with Gasteiger partial charge in [0.05, 0.1) is 16.9 Å². The number of benzene rings is 2. The number of aromatic nitrogens is 3. The average Bonchev–Trinajstić information content (AvgIpc) is 3.43. The molecule has 0 bridgehead atoms. The zero-order chi connectivity index (χ0) is 29.3. The third kappa shape index (κ3) is 6.09. The fourth-order valence-electron chi connectivity index (χ4n) is 5.94. The van der Waals surface area contributed by atoms with Crippen molar-refractivity contribution in [2.75, 3.05) is 18.4 Å². The molecule has 1 N–H and O–H groups in total. The number of nitrogens with zero attached hydrogens (tertiary/aromatic N) is 4. The van der Waals surface area contributed by atoms with E-state index in [1.807, 2.05) is 52.4 Å². The maximum atomic E-state index is 13.8. The van der Waals surface area contributed by atoms with Crippen LogP contribution in [0, 0.1) is 12.8 Å². The van der Waals surface area contributed by atoms with Crippen LogP contribution in [0.3, 0.4) is 0 Å². The first-order valence-electron chi connectivity index (χ1n) is 14.9. The molecule has 7 nitrogen and oxygen atoms in total. The van der Waals surface area contributed by atoms with Gasteiger partial charge in [-0.05, 0) is 62.3 Å². The van der Waals surface area contributed by atoms with Gasteiger partial charge in [-0.3, -0.25) is 9.59 Å². The Morgan fingerprint density at radius 3 is 2.49 bits per heavy atom. The molecule has 2 aromatic carbocycles. The standard InChI is InChI=1S/C34H43N5O2/c1-7-31(40)38-18-9-10-24(17-19-38)20-25-11-8-12-26-21-28(37(6)32(25)26)33(41)35-30-22-29(34(3,4)5)36-39(30)27-15-13-23(2)14-16-27/h8,11-16,21-22,24H,7,9-10,17-20H2,1-6H3,(H,35,41). The Morgan fingerprint density at radius 1 is 1.02 bits per heavy atom. The number of anilines is 1. The molecule has 41 heavy (non-hydrogen) atoms. The van der Waals surface area contributed by atoms with Gasteiger partial charge >= 0.3 is 0 Å². The number of hydrogen-bond acceptors (Lipinski definition) is 3. The summed E-state index contributed by atoms with van der Waals surface area (Å²) in [5.41, 5.74) is 5.79. The highest BCUT2D eigenvalue weighted by Crippen LogP contribution is 2.30. The molecule has 2 aromatic heterocycles. The molecule has 216 valence electrons. The van der Waals surface area contributed by atoms with Gasteiger partial charge in [0.15, 0.2) is 0 Å². The Morgan fingerprint density at radius 2 is 1.78 bits per heavy atom. The average molecular weight is 554 g/mol. The first-order valence-corrected chi connectivity index (χ1v) is 14.9. The number of carbonyl (C=O) groups excluding carboxylic acids is 2. The van der Waals surface area contributed by atoms with Crippen molar-refractivity contribution in [2.24, 2.45) is 13.0 Å². The molecule has 1 aliphatic rings. The minimum atomic E-state index is -0.164. The van der Waals surface area contributed by atoms with E-state index in [9.17, 15) is 9.59 Å². The molecule has 0 saturated carbocycles. The summed E-state index contributed by atoms with van der Waals surface area (Å²) < 4.78 is 3.85. The topological polar surface area (TPSA) is 72.2 Å². The molecule has 1 saturated heterocycles. The molecule has 0 spiro atoms. The van der Waals surface area contributed by atoms with Gasteiger partial charge in [-0.15, -0.1) is 0 Å². The van der Waals surface area contributed by atoms with Gasteiger partial charge < -0.3 is 14.8 Å². The van der Waals surface area contributed by atoms with Gasteiger partial charge in [-0.25, -0.2) is 4.68 Å². The Bertz CT molecular complexity index is 1550. The number of aryl methyl sites for hydroxylation is 2. The van der Waals surface area contributed by atoms with Crippen molar-refractivity contribution in [1.82, 2.24) is 19.2 Å². The second-order valence-electron chi connectivity index (χ2n) is 12.5. The number of nitrogens with one attached hydrogen (secondary N) is 1. The van der Waals surface area contributed by atoms with Gasteiger partial charge in [-0.2, -0.15) is 5.10 Å². The summed E-state index contributed by atoms with van der Waals surface area (Å²) >= 11 is 0. The van der Waals surface area contributed by atoms with Crippen LogP contribution in [-0.4, -0.2) is 44.2 Å². The quantitative estimate of drug-likeness (QED) is 0.285. The van der Waals surface area contributed by atoms with Crippen molar-refractivity contribution in [3.05, 3.63) is 77.1 Å². The molecule has 2 amide bonds. The smallest absolute Gasteiger partial charge is 0.273 e. The second-order valence-corrected chi connectivity index (χ2v) is 12.5. The van der Waals surface area contributed by atoms with E-state index in [1.54, 1.807) is 0 Å². The van der Waals surface area contributed by atoms with Gasteiger partial charge in [0, 0.05) is 43.4 Å². The van der Waals surface area contributed by atoms with Crippen molar-refractivity contribution in [3.8, 4) is 5.69 Å². The summed E-state index contributed by atoms with van der Waals surface area (Å²) in [7, 11) is 1.98. The van der Waals surface area contributed by atoms with Gasteiger partial charge in [0.25, 0.3) is 5.91 Å². The van der Waals surface area contributed by atoms with Gasteiger partial charge in [-0.1, -0.05) is 63.6 Å². The molecule has 1 fully saturated rings. The van der Waals surface area contributed by atoms with Crippen LogP contribution < -0.4 is 5.32 Å². The fraction of sp³-hybridized carbons (Fsp3) is 0.441. The minimum absolute atomic E-state index is 0.161. The molecule has 4 aromatic rings. The van der Waals surface area contributed by atoms with E-state index >= 15 is 0 Å². The van der Waals surface area contributed by atoms with Crippen LogP contribution in [0.1, 0.15) is 80.7 Å². The monoisotopic (exact) mass is 553 g/mol. The van der Waals surface area contributed by atoms with E-state index in [1.165, 1.54) is 11.1 Å². The molecule has 0 aliphatic carbocycles. The number of para-hydroxylation sites is 1. The normalized spacial score (nSPS) is 16.1. The van der Waals surface area contributed by atoms with Gasteiger partial charge in [0.2, 0.25) is 5.91 Å². The molecule has 5 rings (SSSR count). The molecule has 1 atom stereocenters. The number of likely N-dealkylation sites (tertiary alicyclic amines) is 1. The lowest BCUT2D eigenvalue weighted by atomic mass is 9.92. The highest BCUT2D eigenvalue weighted by molar-refractivity contribution is 6.06. The second kappa shape index (κ2) is 11.6. The number of hydrogen-bond donors (Lipinski definition) is 1. The lowest BCUT2D eigenvalue weighted by Crippen LogP contribution is -2.31. The number of fused-ring (bicyclic) bond motifs is 1. The predicted octanol–water partition coefficient (Wildman–Crippen LogP) is 6.80. The van der Waals surface area contributed by atoms with Crippen LogP contribution in [0.25, 0.3) is 16.6 Å². The maximum Gasteiger partial charge on any atom is 0.273 e. The van der Waals surface area contributed by atoms with Crippen molar-refractivity contribution in [2.45, 2.75) is 72.1 Å². The SMILES string of the molecule is CCC(=O)N1CCCC(Cc2cccc3cc(C(=O)Nc4cc(C(C)(C)C)nn4-c4ccc(C)cc4)n(C)c23)CC1. The van der Waals surface area contributed by atoms with Crippen LogP contribution in [0.15, 0.2) is 54.6 Å². The molecule has 0 radical (unpaired) electrons. The molecule has 1 aliphatic heterocycles. The first kappa shape index (κ1) is 28.7. The third-order valence-electron chi connectivity index (χ3n) is 8.38. The van der Waals surface area contributed by atoms with Crippen LogP contribution in [-0.2, 0) is 23.7 Å². The van der Waals surface area contributed by atoms with Crippen LogP contribution >= 0.6 is 0 Å². The van der Waals surface area contributed by atoms with E-state index in [4.69, 9.17) is 5.10 Å². The Labute approximate surface area is 243 Å². The van der Waals surface area contributed by atoms with Crippen molar-refractivity contribution in [3.63, 3.8) is 0 Å². The number of rotatable bonds is 6. The van der Waals surface area contributed by atoms with E-state index in [0.29, 0.717) is 23.9 Å². The molecular weight excluding hydrogens is 510 g/mol. The van der Waals surface area contributed by atoms with Crippen molar-refractivity contribution >= 4 is 28.5 Å². The summed E-state index contributed by atoms with van der Waals surface area (Å²) in [6.07, 6.45) is 4.68. The zero-order valence-electron chi connectivity index (χ0n) is 25.3. The molecule has 3 heterocycles. The van der Waals surface area contributed by atoms with Crippen LogP contribution in [0.2, 0.25) is 0 Å². The van der Waals surface area contributed by atoms with Crippen LogP contribution in [0.4, 0.5) is 5.82 Å². The van der Waals surface area contributed by atoms with Crippen molar-refractivity contribution in [1.29, 1.82) is 0 Å². The van der Waals surface area contributed by atoms with Crippen LogP contribution in [0.5, 0.6) is 0 Å². The summed E-state index contributed by atoms with van der Waals surface area (Å²) in [6.45, 7) is 12.1. The maximum absolute atomic E-state index is 13.8. The lowest BCUT2D eigenvalue weighted by molar-refractivity contribution is -0.130. The molecule has 7 heteroatoms. The number of carbonyl (C=O) groups is 2. The summed E-state index contributed by atoms with van der Waals surface area (Å²) in [4.78, 5) is 28.0. The van der Waals surface area contributed by atoms with E-state index < -0.39 is 0 Å². The summed E-state index contributed by atoms with van der Waals surface area (Å²) in [6, 6.07) is 18.5.